The predicted octanol–water partition coefficient (Wildman–Crippen LogP) is 4.45. The zero-order valence-corrected chi connectivity index (χ0v) is 22.5. The number of carbonyl (C=O) groups excluding carboxylic acids is 2. The van der Waals surface area contributed by atoms with Crippen LogP contribution in [0.4, 0.5) is 0 Å². The molecule has 192 valence electrons. The number of nitrogens with one attached hydrogen (secondary N) is 1. The largest absolute Gasteiger partial charge is 0.352 e. The summed E-state index contributed by atoms with van der Waals surface area (Å²) in [5.41, 5.74) is 0.774. The Kier molecular flexibility index (Phi) is 9.11. The minimum absolute atomic E-state index is 0.0524. The van der Waals surface area contributed by atoms with Gasteiger partial charge < -0.3 is 10.2 Å². The summed E-state index contributed by atoms with van der Waals surface area (Å²) >= 11 is 5.99. The van der Waals surface area contributed by atoms with E-state index in [1.54, 1.807) is 43.3 Å². The molecule has 0 spiro atoms. The number of rotatable bonds is 10. The van der Waals surface area contributed by atoms with Crippen molar-refractivity contribution in [1.82, 2.24) is 14.5 Å². The number of fused-ring (bicyclic) bond motifs is 1. The first-order valence-electron chi connectivity index (χ1n) is 11.8. The monoisotopic (exact) mass is 529 g/mol. The van der Waals surface area contributed by atoms with Crippen LogP contribution in [-0.2, 0) is 26.2 Å². The van der Waals surface area contributed by atoms with Gasteiger partial charge in [0.05, 0.1) is 11.4 Å². The zero-order valence-electron chi connectivity index (χ0n) is 20.9. The van der Waals surface area contributed by atoms with Gasteiger partial charge in [-0.05, 0) is 60.9 Å². The average molecular weight is 530 g/mol. The van der Waals surface area contributed by atoms with E-state index in [2.05, 4.69) is 5.32 Å². The molecule has 0 aliphatic heterocycles. The average Bonchev–Trinajstić information content (AvgIpc) is 2.87. The van der Waals surface area contributed by atoms with E-state index in [1.807, 2.05) is 38.1 Å². The second-order valence-electron chi connectivity index (χ2n) is 8.91. The molecule has 0 saturated carbocycles. The summed E-state index contributed by atoms with van der Waals surface area (Å²) in [6.45, 7) is 5.21. The molecule has 9 heteroatoms. The molecule has 36 heavy (non-hydrogen) atoms. The van der Waals surface area contributed by atoms with Gasteiger partial charge >= 0.3 is 0 Å². The number of amides is 2. The third kappa shape index (κ3) is 6.63. The van der Waals surface area contributed by atoms with E-state index in [0.717, 1.165) is 27.1 Å². The third-order valence-corrected chi connectivity index (χ3v) is 8.27. The lowest BCUT2D eigenvalue weighted by Gasteiger charge is -2.31. The van der Waals surface area contributed by atoms with E-state index in [1.165, 1.54) is 18.0 Å². The lowest BCUT2D eigenvalue weighted by molar-refractivity contribution is -0.140. The summed E-state index contributed by atoms with van der Waals surface area (Å²) in [4.78, 5) is 27.8. The van der Waals surface area contributed by atoms with Crippen LogP contribution in [0.2, 0.25) is 5.02 Å². The highest BCUT2D eigenvalue weighted by molar-refractivity contribution is 7.89. The predicted molar refractivity (Wildman–Crippen MR) is 143 cm³/mol. The fraction of sp³-hybridized carbons (Fsp3) is 0.333. The van der Waals surface area contributed by atoms with Gasteiger partial charge in [-0.1, -0.05) is 61.0 Å². The minimum Gasteiger partial charge on any atom is -0.352 e. The molecule has 0 aromatic heterocycles. The molecule has 7 nitrogen and oxygen atoms in total. The van der Waals surface area contributed by atoms with E-state index in [-0.39, 0.29) is 23.4 Å². The molecule has 0 fully saturated rings. The molecule has 0 aliphatic rings. The van der Waals surface area contributed by atoms with Crippen LogP contribution in [0.25, 0.3) is 10.8 Å². The fourth-order valence-electron chi connectivity index (χ4n) is 3.71. The smallest absolute Gasteiger partial charge is 0.243 e. The third-order valence-electron chi connectivity index (χ3n) is 6.22. The van der Waals surface area contributed by atoms with Gasteiger partial charge in [0.25, 0.3) is 0 Å². The molecule has 3 rings (SSSR count). The topological polar surface area (TPSA) is 86.8 Å². The molecule has 0 heterocycles. The number of hydrogen-bond donors (Lipinski definition) is 1. The molecule has 3 aromatic carbocycles. The maximum Gasteiger partial charge on any atom is 0.243 e. The highest BCUT2D eigenvalue weighted by Gasteiger charge is 2.30. The maximum absolute atomic E-state index is 13.4. The fourth-order valence-corrected chi connectivity index (χ4v) is 4.99. The Bertz CT molecular complexity index is 1330. The van der Waals surface area contributed by atoms with Crippen LogP contribution in [0, 0.1) is 0 Å². The Labute approximate surface area is 218 Å². The summed E-state index contributed by atoms with van der Waals surface area (Å²) < 4.78 is 27.6. The first-order chi connectivity index (χ1) is 17.0. The molecule has 0 radical (unpaired) electrons. The first kappa shape index (κ1) is 27.6. The Morgan fingerprint density at radius 2 is 1.61 bits per heavy atom. The van der Waals surface area contributed by atoms with Crippen molar-refractivity contribution in [2.45, 2.75) is 50.7 Å². The number of likely N-dealkylation sites (N-methyl/N-ethyl adjacent to an activating group) is 1. The summed E-state index contributed by atoms with van der Waals surface area (Å²) in [5, 5.41) is 5.17. The van der Waals surface area contributed by atoms with Crippen molar-refractivity contribution in [2.75, 3.05) is 13.6 Å². The molecule has 0 bridgehead atoms. The van der Waals surface area contributed by atoms with Crippen molar-refractivity contribution < 1.29 is 18.0 Å². The number of benzene rings is 3. The van der Waals surface area contributed by atoms with Crippen LogP contribution in [-0.4, -0.2) is 55.1 Å². The first-order valence-corrected chi connectivity index (χ1v) is 13.6. The molecule has 0 saturated heterocycles. The normalized spacial score (nSPS) is 13.4. The quantitative estimate of drug-likeness (QED) is 0.420. The van der Waals surface area contributed by atoms with Gasteiger partial charge in [0, 0.05) is 24.7 Å². The number of nitrogens with zero attached hydrogens (tertiary/aromatic N) is 2. The van der Waals surface area contributed by atoms with Gasteiger partial charge in [-0.3, -0.25) is 9.59 Å². The Morgan fingerprint density at radius 1 is 0.972 bits per heavy atom. The van der Waals surface area contributed by atoms with E-state index in [4.69, 9.17) is 11.6 Å². The van der Waals surface area contributed by atoms with Crippen LogP contribution in [0.5, 0.6) is 0 Å². The van der Waals surface area contributed by atoms with E-state index < -0.39 is 28.5 Å². The molecule has 2 amide bonds. The van der Waals surface area contributed by atoms with Crippen LogP contribution >= 0.6 is 11.6 Å². The van der Waals surface area contributed by atoms with Crippen molar-refractivity contribution in [3.05, 3.63) is 77.3 Å². The minimum atomic E-state index is -3.94. The van der Waals surface area contributed by atoms with E-state index >= 15 is 0 Å². The Balaban J connectivity index is 1.84. The van der Waals surface area contributed by atoms with Crippen molar-refractivity contribution in [3.8, 4) is 0 Å². The van der Waals surface area contributed by atoms with Crippen molar-refractivity contribution in [3.63, 3.8) is 0 Å². The highest BCUT2D eigenvalue weighted by Crippen LogP contribution is 2.22. The van der Waals surface area contributed by atoms with Crippen molar-refractivity contribution >= 4 is 44.2 Å². The van der Waals surface area contributed by atoms with Crippen LogP contribution < -0.4 is 5.32 Å². The van der Waals surface area contributed by atoms with Crippen LogP contribution in [0.3, 0.4) is 0 Å². The number of sulfonamides is 1. The maximum atomic E-state index is 13.4. The summed E-state index contributed by atoms with van der Waals surface area (Å²) in [5.74, 6) is -0.782. The zero-order chi connectivity index (χ0) is 26.5. The molecule has 2 atom stereocenters. The highest BCUT2D eigenvalue weighted by atomic mass is 35.5. The second-order valence-corrected chi connectivity index (χ2v) is 11.4. The molecule has 1 N–H and O–H groups in total. The lowest BCUT2D eigenvalue weighted by atomic mass is 10.1. The molecule has 0 aliphatic carbocycles. The van der Waals surface area contributed by atoms with Gasteiger partial charge in [-0.2, -0.15) is 4.31 Å². The SMILES string of the molecule is CCC(C)NC(=O)C(C)N(Cc1ccc(Cl)cc1)C(=O)CN(C)S(=O)(=O)c1ccc2ccccc2c1. The molecular weight excluding hydrogens is 498 g/mol. The van der Waals surface area contributed by atoms with Gasteiger partial charge in [0.2, 0.25) is 21.8 Å². The van der Waals surface area contributed by atoms with E-state index in [0.29, 0.717) is 5.02 Å². The Morgan fingerprint density at radius 3 is 2.25 bits per heavy atom. The van der Waals surface area contributed by atoms with Gasteiger partial charge in [-0.25, -0.2) is 8.42 Å². The summed E-state index contributed by atoms with van der Waals surface area (Å²) in [6, 6.07) is 18.4. The van der Waals surface area contributed by atoms with Crippen LogP contribution in [0.15, 0.2) is 71.6 Å². The molecule has 2 unspecified atom stereocenters. The number of halogens is 1. The van der Waals surface area contributed by atoms with Gasteiger partial charge in [-0.15, -0.1) is 0 Å². The molecular formula is C27H32ClN3O4S. The number of hydrogen-bond acceptors (Lipinski definition) is 4. The van der Waals surface area contributed by atoms with Crippen molar-refractivity contribution in [2.24, 2.45) is 0 Å². The van der Waals surface area contributed by atoms with Gasteiger partial charge in [0.1, 0.15) is 6.04 Å². The summed E-state index contributed by atoms with van der Waals surface area (Å²) in [7, 11) is -2.57. The van der Waals surface area contributed by atoms with E-state index in [9.17, 15) is 18.0 Å². The van der Waals surface area contributed by atoms with Gasteiger partial charge in [0.15, 0.2) is 0 Å². The lowest BCUT2D eigenvalue weighted by Crippen LogP contribution is -2.51. The standard InChI is InChI=1S/C27H32ClN3O4S/c1-5-19(2)29-27(33)20(3)31(17-21-10-13-24(28)14-11-21)26(32)18-30(4)36(34,35)25-15-12-22-8-6-7-9-23(22)16-25/h6-16,19-20H,5,17-18H2,1-4H3,(H,29,33). The van der Waals surface area contributed by atoms with Crippen LogP contribution in [0.1, 0.15) is 32.8 Å². The Hall–Kier alpha value is -2.94. The van der Waals surface area contributed by atoms with Crippen molar-refractivity contribution in [1.29, 1.82) is 0 Å². The number of carbonyl (C=O) groups is 2. The summed E-state index contributed by atoms with van der Waals surface area (Å²) in [6.07, 6.45) is 0.746. The second kappa shape index (κ2) is 11.9. The molecule has 3 aromatic rings.